The molecule has 0 atom stereocenters. The van der Waals surface area contributed by atoms with Crippen LogP contribution in [0.4, 0.5) is 0 Å². The average Bonchev–Trinajstić information content (AvgIpc) is 3.36. The number of methoxy groups -OCH3 is 3. The van der Waals surface area contributed by atoms with Gasteiger partial charge in [0.05, 0.1) is 25.5 Å². The van der Waals surface area contributed by atoms with Crippen LogP contribution in [0.3, 0.4) is 0 Å². The number of aryl methyl sites for hydroxylation is 1. The second-order valence-electron chi connectivity index (χ2n) is 6.93. The lowest BCUT2D eigenvalue weighted by Crippen LogP contribution is -2.08. The van der Waals surface area contributed by atoms with Crippen molar-refractivity contribution in [3.05, 3.63) is 41.2 Å². The first-order chi connectivity index (χ1) is 15.0. The Morgan fingerprint density at radius 2 is 1.94 bits per heavy atom. The lowest BCUT2D eigenvalue weighted by atomic mass is 10.2. The Hall–Kier alpha value is -2.78. The number of hydrogen-bond acceptors (Lipinski definition) is 8. The van der Waals surface area contributed by atoms with Crippen molar-refractivity contribution >= 4 is 17.5 Å². The van der Waals surface area contributed by atoms with E-state index in [0.717, 1.165) is 29.9 Å². The van der Waals surface area contributed by atoms with E-state index in [2.05, 4.69) is 14.8 Å². The van der Waals surface area contributed by atoms with Crippen LogP contribution >= 0.6 is 11.8 Å². The molecule has 3 rings (SSSR count). The zero-order valence-corrected chi connectivity index (χ0v) is 19.2. The first-order valence-electron chi connectivity index (χ1n) is 9.86. The highest BCUT2D eigenvalue weighted by Crippen LogP contribution is 2.33. The number of ketones is 1. The van der Waals surface area contributed by atoms with Crippen LogP contribution in [0.25, 0.3) is 11.5 Å². The first kappa shape index (κ1) is 22.9. The van der Waals surface area contributed by atoms with Gasteiger partial charge >= 0.3 is 0 Å². The molecule has 0 saturated heterocycles. The van der Waals surface area contributed by atoms with E-state index in [1.54, 1.807) is 39.5 Å². The van der Waals surface area contributed by atoms with Gasteiger partial charge in [-0.25, -0.2) is 0 Å². The van der Waals surface area contributed by atoms with Gasteiger partial charge in [-0.1, -0.05) is 11.8 Å². The minimum absolute atomic E-state index is 0.0258. The molecule has 31 heavy (non-hydrogen) atoms. The Kier molecular flexibility index (Phi) is 7.75. The summed E-state index contributed by atoms with van der Waals surface area (Å²) in [6.07, 6.45) is 0.898. The van der Waals surface area contributed by atoms with Crippen molar-refractivity contribution in [2.75, 3.05) is 33.7 Å². The van der Waals surface area contributed by atoms with Crippen molar-refractivity contribution in [2.45, 2.75) is 32.0 Å². The number of carbonyl (C=O) groups is 1. The second-order valence-corrected chi connectivity index (χ2v) is 7.86. The molecule has 0 bridgehead atoms. The Morgan fingerprint density at radius 1 is 1.13 bits per heavy atom. The van der Waals surface area contributed by atoms with E-state index < -0.39 is 0 Å². The van der Waals surface area contributed by atoms with Crippen LogP contribution in [0.15, 0.2) is 33.9 Å². The van der Waals surface area contributed by atoms with Gasteiger partial charge in [-0.2, -0.15) is 0 Å². The number of ether oxygens (including phenoxy) is 3. The SMILES string of the molecule is COCCCn1c(C)cc(C(=O)CSc2nnc(-c3ccc(OC)cc3OC)o2)c1C. The van der Waals surface area contributed by atoms with Crippen molar-refractivity contribution in [1.29, 1.82) is 0 Å². The van der Waals surface area contributed by atoms with Crippen molar-refractivity contribution in [3.63, 3.8) is 0 Å². The maximum atomic E-state index is 12.8. The van der Waals surface area contributed by atoms with Gasteiger partial charge in [-0.05, 0) is 38.5 Å². The summed E-state index contributed by atoms with van der Waals surface area (Å²) in [6, 6.07) is 7.27. The summed E-state index contributed by atoms with van der Waals surface area (Å²) in [4.78, 5) is 12.8. The molecule has 2 aromatic heterocycles. The molecule has 0 fully saturated rings. The average molecular weight is 446 g/mol. The van der Waals surface area contributed by atoms with Gasteiger partial charge < -0.3 is 23.2 Å². The summed E-state index contributed by atoms with van der Waals surface area (Å²) in [5.41, 5.74) is 3.41. The summed E-state index contributed by atoms with van der Waals surface area (Å²) in [6.45, 7) is 5.49. The highest BCUT2D eigenvalue weighted by molar-refractivity contribution is 7.99. The van der Waals surface area contributed by atoms with E-state index in [9.17, 15) is 4.79 Å². The van der Waals surface area contributed by atoms with E-state index in [1.807, 2.05) is 19.9 Å². The van der Waals surface area contributed by atoms with Gasteiger partial charge in [-0.15, -0.1) is 10.2 Å². The van der Waals surface area contributed by atoms with Crippen molar-refractivity contribution < 1.29 is 23.4 Å². The standard InChI is InChI=1S/C22H27N3O5S/c1-14-11-18(15(2)25(14)9-6-10-27-3)19(26)13-31-22-24-23-21(30-22)17-8-7-16(28-4)12-20(17)29-5/h7-8,11-12H,6,9-10,13H2,1-5H3. The van der Waals surface area contributed by atoms with Crippen LogP contribution in [-0.4, -0.2) is 54.2 Å². The fraction of sp³-hybridized carbons (Fsp3) is 0.409. The van der Waals surface area contributed by atoms with Gasteiger partial charge in [0, 0.05) is 43.3 Å². The molecule has 0 radical (unpaired) electrons. The number of aromatic nitrogens is 3. The highest BCUT2D eigenvalue weighted by Gasteiger charge is 2.19. The third-order valence-corrected chi connectivity index (χ3v) is 5.79. The third-order valence-electron chi connectivity index (χ3n) is 4.98. The maximum Gasteiger partial charge on any atom is 0.277 e. The topological polar surface area (TPSA) is 88.6 Å². The molecule has 0 saturated carbocycles. The zero-order valence-electron chi connectivity index (χ0n) is 18.4. The van der Waals surface area contributed by atoms with Crippen LogP contribution in [0.1, 0.15) is 28.2 Å². The van der Waals surface area contributed by atoms with Crippen molar-refractivity contribution in [3.8, 4) is 23.0 Å². The number of benzene rings is 1. The third kappa shape index (κ3) is 5.29. The van der Waals surface area contributed by atoms with Gasteiger partial charge in [-0.3, -0.25) is 4.79 Å². The lowest BCUT2D eigenvalue weighted by Gasteiger charge is -2.09. The quantitative estimate of drug-likeness (QED) is 0.247. The molecule has 0 N–H and O–H groups in total. The molecule has 2 heterocycles. The van der Waals surface area contributed by atoms with E-state index in [4.69, 9.17) is 18.6 Å². The number of rotatable bonds is 11. The molecule has 0 amide bonds. The first-order valence-corrected chi connectivity index (χ1v) is 10.8. The minimum Gasteiger partial charge on any atom is -0.497 e. The molecular weight excluding hydrogens is 418 g/mol. The molecule has 0 spiro atoms. The monoisotopic (exact) mass is 445 g/mol. The van der Waals surface area contributed by atoms with E-state index in [1.165, 1.54) is 11.8 Å². The molecule has 0 aliphatic rings. The predicted octanol–water partition coefficient (Wildman–Crippen LogP) is 4.18. The van der Waals surface area contributed by atoms with Gasteiger partial charge in [0.1, 0.15) is 11.5 Å². The fourth-order valence-electron chi connectivity index (χ4n) is 3.35. The zero-order chi connectivity index (χ0) is 22.4. The number of carbonyl (C=O) groups excluding carboxylic acids is 1. The Bertz CT molecular complexity index is 1040. The van der Waals surface area contributed by atoms with E-state index in [0.29, 0.717) is 34.8 Å². The highest BCUT2D eigenvalue weighted by atomic mass is 32.2. The molecule has 1 aromatic carbocycles. The smallest absolute Gasteiger partial charge is 0.277 e. The van der Waals surface area contributed by atoms with Crippen LogP contribution in [0.5, 0.6) is 11.5 Å². The normalized spacial score (nSPS) is 11.0. The Morgan fingerprint density at radius 3 is 2.65 bits per heavy atom. The molecule has 0 aliphatic heterocycles. The van der Waals surface area contributed by atoms with Crippen molar-refractivity contribution in [2.24, 2.45) is 0 Å². The maximum absolute atomic E-state index is 12.8. The molecule has 0 aliphatic carbocycles. The van der Waals surface area contributed by atoms with E-state index in [-0.39, 0.29) is 11.5 Å². The summed E-state index contributed by atoms with van der Waals surface area (Å²) in [5, 5.41) is 8.48. The Labute approximate surface area is 185 Å². The van der Waals surface area contributed by atoms with Crippen LogP contribution < -0.4 is 9.47 Å². The molecule has 3 aromatic rings. The second kappa shape index (κ2) is 10.5. The number of nitrogens with zero attached hydrogens (tertiary/aromatic N) is 3. The van der Waals surface area contributed by atoms with Crippen LogP contribution in [-0.2, 0) is 11.3 Å². The largest absolute Gasteiger partial charge is 0.497 e. The molecule has 9 heteroatoms. The summed E-state index contributed by atoms with van der Waals surface area (Å²) in [7, 11) is 4.84. The molecule has 166 valence electrons. The predicted molar refractivity (Wildman–Crippen MR) is 118 cm³/mol. The summed E-state index contributed by atoms with van der Waals surface area (Å²) >= 11 is 1.22. The van der Waals surface area contributed by atoms with Crippen molar-refractivity contribution in [1.82, 2.24) is 14.8 Å². The van der Waals surface area contributed by atoms with Crippen LogP contribution in [0.2, 0.25) is 0 Å². The minimum atomic E-state index is 0.0258. The van der Waals surface area contributed by atoms with Gasteiger partial charge in [0.15, 0.2) is 5.78 Å². The van der Waals surface area contributed by atoms with E-state index >= 15 is 0 Å². The van der Waals surface area contributed by atoms with Gasteiger partial charge in [0.2, 0.25) is 0 Å². The fourth-order valence-corrected chi connectivity index (χ4v) is 4.00. The Balaban J connectivity index is 1.67. The lowest BCUT2D eigenvalue weighted by molar-refractivity contribution is 0.102. The number of hydrogen-bond donors (Lipinski definition) is 0. The molecular formula is C22H27N3O5S. The summed E-state index contributed by atoms with van der Waals surface area (Å²) in [5.74, 6) is 1.80. The molecule has 0 unspecified atom stereocenters. The summed E-state index contributed by atoms with van der Waals surface area (Å²) < 4.78 is 23.6. The van der Waals surface area contributed by atoms with Crippen LogP contribution in [0, 0.1) is 13.8 Å². The number of thioether (sulfide) groups is 1. The van der Waals surface area contributed by atoms with Gasteiger partial charge in [0.25, 0.3) is 11.1 Å². The molecule has 8 nitrogen and oxygen atoms in total. The number of Topliss-reactive ketones (excluding diaryl/α,β-unsaturated/α-hetero) is 1.